The highest BCUT2D eigenvalue weighted by atomic mass is 35.5. The summed E-state index contributed by atoms with van der Waals surface area (Å²) in [7, 11) is 0. The van der Waals surface area contributed by atoms with Crippen LogP contribution >= 0.6 is 11.6 Å². The Morgan fingerprint density at radius 2 is 1.67 bits per heavy atom. The Kier molecular flexibility index (Phi) is 5.63. The minimum Gasteiger partial charge on any atom is -0.503 e. The van der Waals surface area contributed by atoms with Crippen molar-refractivity contribution in [2.45, 2.75) is 18.9 Å². The molecule has 1 aliphatic rings. The summed E-state index contributed by atoms with van der Waals surface area (Å²) < 4.78 is 0. The highest BCUT2D eigenvalue weighted by Crippen LogP contribution is 2.41. The van der Waals surface area contributed by atoms with Crippen LogP contribution in [0.25, 0.3) is 0 Å². The number of aliphatic hydroxyl groups excluding tert-OH is 1. The number of halogens is 1. The van der Waals surface area contributed by atoms with E-state index in [1.54, 1.807) is 48.8 Å². The number of ketones is 1. The minimum absolute atomic E-state index is 0.108. The Morgan fingerprint density at radius 1 is 1.00 bits per heavy atom. The molecule has 1 amide bonds. The predicted molar refractivity (Wildman–Crippen MR) is 115 cm³/mol. The zero-order chi connectivity index (χ0) is 21.1. The smallest absolute Gasteiger partial charge is 0.294 e. The number of anilines is 1. The van der Waals surface area contributed by atoms with Crippen molar-refractivity contribution in [2.24, 2.45) is 0 Å². The third kappa shape index (κ3) is 3.84. The number of amides is 1. The molecule has 1 unspecified atom stereocenters. The molecule has 1 aliphatic heterocycles. The summed E-state index contributed by atoms with van der Waals surface area (Å²) in [5, 5.41) is 11.2. The van der Waals surface area contributed by atoms with Crippen molar-refractivity contribution in [1.82, 2.24) is 4.98 Å². The fourth-order valence-corrected chi connectivity index (χ4v) is 3.78. The first kappa shape index (κ1) is 19.9. The van der Waals surface area contributed by atoms with Crippen LogP contribution in [-0.2, 0) is 16.0 Å². The molecule has 0 saturated heterocycles. The van der Waals surface area contributed by atoms with Crippen molar-refractivity contribution in [1.29, 1.82) is 0 Å². The average molecular weight is 419 g/mol. The van der Waals surface area contributed by atoms with Gasteiger partial charge in [0, 0.05) is 29.5 Å². The summed E-state index contributed by atoms with van der Waals surface area (Å²) in [5.41, 5.74) is 2.37. The monoisotopic (exact) mass is 418 g/mol. The van der Waals surface area contributed by atoms with Crippen LogP contribution in [0.15, 0.2) is 90.5 Å². The van der Waals surface area contributed by atoms with Gasteiger partial charge in [-0.05, 0) is 53.9 Å². The maximum Gasteiger partial charge on any atom is 0.294 e. The van der Waals surface area contributed by atoms with E-state index in [4.69, 9.17) is 11.6 Å². The van der Waals surface area contributed by atoms with Gasteiger partial charge in [-0.25, -0.2) is 0 Å². The van der Waals surface area contributed by atoms with Crippen molar-refractivity contribution < 1.29 is 14.7 Å². The van der Waals surface area contributed by atoms with E-state index in [1.807, 2.05) is 30.3 Å². The second-order valence-corrected chi connectivity index (χ2v) is 7.44. The van der Waals surface area contributed by atoms with E-state index in [9.17, 15) is 14.7 Å². The van der Waals surface area contributed by atoms with Gasteiger partial charge in [0.2, 0.25) is 0 Å². The van der Waals surface area contributed by atoms with Crippen molar-refractivity contribution in [3.05, 3.63) is 107 Å². The first-order chi connectivity index (χ1) is 14.6. The van der Waals surface area contributed by atoms with Gasteiger partial charge in [0.1, 0.15) is 0 Å². The largest absolute Gasteiger partial charge is 0.503 e. The summed E-state index contributed by atoms with van der Waals surface area (Å²) >= 11 is 5.99. The molecule has 3 aromatic rings. The number of hydrogen-bond acceptors (Lipinski definition) is 4. The van der Waals surface area contributed by atoms with Crippen molar-refractivity contribution in [3.63, 3.8) is 0 Å². The molecule has 0 bridgehead atoms. The normalized spacial score (nSPS) is 16.2. The summed E-state index contributed by atoms with van der Waals surface area (Å²) in [6.07, 6.45) is 3.91. The predicted octanol–water partition coefficient (Wildman–Crippen LogP) is 4.84. The lowest BCUT2D eigenvalue weighted by atomic mass is 9.93. The van der Waals surface area contributed by atoms with Crippen molar-refractivity contribution in [3.8, 4) is 0 Å². The van der Waals surface area contributed by atoms with Gasteiger partial charge >= 0.3 is 0 Å². The fourth-order valence-electron chi connectivity index (χ4n) is 3.66. The maximum absolute atomic E-state index is 13.2. The average Bonchev–Trinajstić information content (AvgIpc) is 3.05. The van der Waals surface area contributed by atoms with E-state index in [1.165, 1.54) is 4.90 Å². The van der Waals surface area contributed by atoms with Crippen LogP contribution in [0.2, 0.25) is 5.02 Å². The lowest BCUT2D eigenvalue weighted by molar-refractivity contribution is -0.118. The van der Waals surface area contributed by atoms with Gasteiger partial charge in [0.15, 0.2) is 11.5 Å². The van der Waals surface area contributed by atoms with E-state index in [2.05, 4.69) is 4.98 Å². The van der Waals surface area contributed by atoms with Crippen LogP contribution < -0.4 is 4.90 Å². The molecule has 2 aromatic carbocycles. The molecule has 2 heterocycles. The summed E-state index contributed by atoms with van der Waals surface area (Å²) in [6, 6.07) is 19.1. The van der Waals surface area contributed by atoms with Gasteiger partial charge in [-0.15, -0.1) is 0 Å². The third-order valence-corrected chi connectivity index (χ3v) is 5.37. The lowest BCUT2D eigenvalue weighted by Gasteiger charge is -2.27. The number of hydrogen-bond donors (Lipinski definition) is 1. The Labute approximate surface area is 179 Å². The molecule has 0 aliphatic carbocycles. The number of aromatic nitrogens is 1. The Balaban J connectivity index is 1.70. The first-order valence-electron chi connectivity index (χ1n) is 9.55. The zero-order valence-corrected chi connectivity index (χ0v) is 16.8. The van der Waals surface area contributed by atoms with E-state index in [0.29, 0.717) is 22.7 Å². The van der Waals surface area contributed by atoms with Gasteiger partial charge < -0.3 is 5.11 Å². The molecule has 0 saturated carbocycles. The number of carbonyl (C=O) groups excluding carboxylic acids is 2. The molecule has 4 rings (SSSR count). The van der Waals surface area contributed by atoms with Crippen LogP contribution in [0, 0.1) is 0 Å². The summed E-state index contributed by atoms with van der Waals surface area (Å²) in [6.45, 7) is 0. The summed E-state index contributed by atoms with van der Waals surface area (Å²) in [4.78, 5) is 31.6. The highest BCUT2D eigenvalue weighted by Gasteiger charge is 2.44. The van der Waals surface area contributed by atoms with Gasteiger partial charge in [0.25, 0.3) is 5.91 Å². The van der Waals surface area contributed by atoms with Crippen LogP contribution in [0.3, 0.4) is 0 Å². The molecular weight excluding hydrogens is 400 g/mol. The highest BCUT2D eigenvalue weighted by molar-refractivity contribution is 6.30. The quantitative estimate of drug-likeness (QED) is 0.622. The molecule has 1 aromatic heterocycles. The SMILES string of the molecule is O=C(CCc1ccccc1)C1=C(O)C(=O)N(c2ccc(Cl)cc2)C1c1ccncc1. The summed E-state index contributed by atoms with van der Waals surface area (Å²) in [5.74, 6) is -1.38. The minimum atomic E-state index is -0.732. The molecule has 1 N–H and O–H groups in total. The van der Waals surface area contributed by atoms with Gasteiger partial charge in [-0.3, -0.25) is 19.5 Å². The van der Waals surface area contributed by atoms with Crippen LogP contribution in [0.1, 0.15) is 23.6 Å². The molecule has 150 valence electrons. The topological polar surface area (TPSA) is 70.5 Å². The number of benzene rings is 2. The van der Waals surface area contributed by atoms with Gasteiger partial charge in [0.05, 0.1) is 11.6 Å². The number of aliphatic hydroxyl groups is 1. The van der Waals surface area contributed by atoms with E-state index in [-0.39, 0.29) is 17.8 Å². The van der Waals surface area contributed by atoms with E-state index < -0.39 is 17.7 Å². The Morgan fingerprint density at radius 3 is 2.33 bits per heavy atom. The molecule has 0 radical (unpaired) electrons. The number of Topliss-reactive ketones (excluding diaryl/α,β-unsaturated/α-hetero) is 1. The second-order valence-electron chi connectivity index (χ2n) is 7.01. The number of rotatable bonds is 6. The van der Waals surface area contributed by atoms with Crippen molar-refractivity contribution >= 4 is 29.0 Å². The number of pyridine rings is 1. The van der Waals surface area contributed by atoms with Crippen LogP contribution in [-0.4, -0.2) is 21.8 Å². The number of nitrogens with zero attached hydrogens (tertiary/aromatic N) is 2. The van der Waals surface area contributed by atoms with E-state index >= 15 is 0 Å². The number of carbonyl (C=O) groups is 2. The fraction of sp³-hybridized carbons (Fsp3) is 0.125. The van der Waals surface area contributed by atoms with Crippen LogP contribution in [0.4, 0.5) is 5.69 Å². The van der Waals surface area contributed by atoms with Crippen LogP contribution in [0.5, 0.6) is 0 Å². The number of aryl methyl sites for hydroxylation is 1. The molecule has 5 nitrogen and oxygen atoms in total. The zero-order valence-electron chi connectivity index (χ0n) is 16.0. The first-order valence-corrected chi connectivity index (χ1v) is 9.93. The van der Waals surface area contributed by atoms with Gasteiger partial charge in [-0.1, -0.05) is 41.9 Å². The molecule has 0 spiro atoms. The molecule has 30 heavy (non-hydrogen) atoms. The maximum atomic E-state index is 13.2. The lowest BCUT2D eigenvalue weighted by Crippen LogP contribution is -2.31. The Bertz CT molecular complexity index is 1100. The molecule has 1 atom stereocenters. The Hall–Kier alpha value is -3.44. The second kappa shape index (κ2) is 8.51. The van der Waals surface area contributed by atoms with E-state index in [0.717, 1.165) is 5.56 Å². The molecule has 0 fully saturated rings. The third-order valence-electron chi connectivity index (χ3n) is 5.12. The van der Waals surface area contributed by atoms with Crippen molar-refractivity contribution in [2.75, 3.05) is 4.90 Å². The molecular formula is C24H19ClN2O3. The van der Waals surface area contributed by atoms with Gasteiger partial charge in [-0.2, -0.15) is 0 Å². The standard InChI is InChI=1S/C24H19ClN2O3/c25-18-7-9-19(10-8-18)27-22(17-12-14-26-15-13-17)21(23(29)24(27)30)20(28)11-6-16-4-2-1-3-5-16/h1-5,7-10,12-15,22,29H,6,11H2. The molecule has 6 heteroatoms.